The second-order valence-electron chi connectivity index (χ2n) is 4.03. The highest BCUT2D eigenvalue weighted by atomic mass is 127. The summed E-state index contributed by atoms with van der Waals surface area (Å²) in [6, 6.07) is 0. The number of hydrogen-bond donors (Lipinski definition) is 1. The average Bonchev–Trinajstić information content (AvgIpc) is 2.83. The highest BCUT2D eigenvalue weighted by Gasteiger charge is 2.12. The molecule has 0 bridgehead atoms. The Bertz CT molecular complexity index is 549. The van der Waals surface area contributed by atoms with Crippen molar-refractivity contribution in [1.82, 2.24) is 19.7 Å². The summed E-state index contributed by atoms with van der Waals surface area (Å²) in [4.78, 5) is 8.93. The Balaban J connectivity index is 2.44. The van der Waals surface area contributed by atoms with E-state index in [-0.39, 0.29) is 0 Å². The second-order valence-corrected chi connectivity index (χ2v) is 5.11. The molecule has 5 nitrogen and oxygen atoms in total. The molecule has 0 spiro atoms. The summed E-state index contributed by atoms with van der Waals surface area (Å²) >= 11 is 2.21. The Morgan fingerprint density at radius 3 is 2.72 bits per heavy atom. The SMILES string of the molecule is CCCc1nc(-c2cnn(CC)c2)nc(N)c1I. The number of aromatic nitrogens is 4. The van der Waals surface area contributed by atoms with Gasteiger partial charge in [-0.1, -0.05) is 13.3 Å². The lowest BCUT2D eigenvalue weighted by molar-refractivity contribution is 0.660. The van der Waals surface area contributed by atoms with Crippen LogP contribution in [0.15, 0.2) is 12.4 Å². The molecule has 0 saturated carbocycles. The van der Waals surface area contributed by atoms with Gasteiger partial charge in [0.15, 0.2) is 5.82 Å². The first-order chi connectivity index (χ1) is 8.65. The summed E-state index contributed by atoms with van der Waals surface area (Å²) in [6.07, 6.45) is 5.68. The summed E-state index contributed by atoms with van der Waals surface area (Å²) in [5.41, 5.74) is 7.88. The lowest BCUT2D eigenvalue weighted by Gasteiger charge is -2.07. The first kappa shape index (κ1) is 13.3. The van der Waals surface area contributed by atoms with Crippen molar-refractivity contribution in [3.63, 3.8) is 0 Å². The van der Waals surface area contributed by atoms with Crippen LogP contribution in [-0.4, -0.2) is 19.7 Å². The number of anilines is 1. The third-order valence-electron chi connectivity index (χ3n) is 2.65. The number of nitrogens with zero attached hydrogens (tertiary/aromatic N) is 4. The number of hydrogen-bond acceptors (Lipinski definition) is 4. The monoisotopic (exact) mass is 357 g/mol. The van der Waals surface area contributed by atoms with Crippen LogP contribution in [0, 0.1) is 3.57 Å². The summed E-state index contributed by atoms with van der Waals surface area (Å²) in [5, 5.41) is 4.23. The van der Waals surface area contributed by atoms with Gasteiger partial charge in [0.05, 0.1) is 21.0 Å². The van der Waals surface area contributed by atoms with Crippen molar-refractivity contribution in [3.05, 3.63) is 21.7 Å². The number of halogens is 1. The summed E-state index contributed by atoms with van der Waals surface area (Å²) < 4.78 is 2.81. The zero-order valence-corrected chi connectivity index (χ0v) is 12.7. The maximum atomic E-state index is 5.94. The van der Waals surface area contributed by atoms with Gasteiger partial charge in [0.1, 0.15) is 5.82 Å². The number of nitrogens with two attached hydrogens (primary N) is 1. The van der Waals surface area contributed by atoms with Crippen LogP contribution in [0.4, 0.5) is 5.82 Å². The van der Waals surface area contributed by atoms with Crippen molar-refractivity contribution in [1.29, 1.82) is 0 Å². The highest BCUT2D eigenvalue weighted by Crippen LogP contribution is 2.22. The fourth-order valence-corrected chi connectivity index (χ4v) is 2.21. The van der Waals surface area contributed by atoms with E-state index in [1.165, 1.54) is 0 Å². The molecule has 18 heavy (non-hydrogen) atoms. The van der Waals surface area contributed by atoms with E-state index >= 15 is 0 Å². The molecular formula is C12H16IN5. The van der Waals surface area contributed by atoms with Gasteiger partial charge < -0.3 is 5.73 Å². The highest BCUT2D eigenvalue weighted by molar-refractivity contribution is 14.1. The fraction of sp³-hybridized carbons (Fsp3) is 0.417. The molecule has 0 fully saturated rings. The van der Waals surface area contributed by atoms with E-state index in [0.29, 0.717) is 11.6 Å². The quantitative estimate of drug-likeness (QED) is 0.854. The Kier molecular flexibility index (Phi) is 4.15. The van der Waals surface area contributed by atoms with Crippen LogP contribution in [0.3, 0.4) is 0 Å². The topological polar surface area (TPSA) is 69.6 Å². The van der Waals surface area contributed by atoms with E-state index in [1.807, 2.05) is 17.8 Å². The predicted molar refractivity (Wildman–Crippen MR) is 80.1 cm³/mol. The molecule has 0 saturated heterocycles. The summed E-state index contributed by atoms with van der Waals surface area (Å²) in [5.74, 6) is 1.21. The number of rotatable bonds is 4. The molecule has 0 atom stereocenters. The molecule has 0 aromatic carbocycles. The molecule has 0 unspecified atom stereocenters. The number of nitrogen functional groups attached to an aromatic ring is 1. The van der Waals surface area contributed by atoms with Crippen molar-refractivity contribution in [2.75, 3.05) is 5.73 Å². The van der Waals surface area contributed by atoms with Crippen LogP contribution in [-0.2, 0) is 13.0 Å². The molecule has 96 valence electrons. The average molecular weight is 357 g/mol. The van der Waals surface area contributed by atoms with Crippen LogP contribution in [0.25, 0.3) is 11.4 Å². The molecule has 0 aliphatic rings. The van der Waals surface area contributed by atoms with E-state index in [1.54, 1.807) is 6.20 Å². The molecule has 0 amide bonds. The Labute approximate surface area is 120 Å². The molecule has 2 aromatic heterocycles. The Morgan fingerprint density at radius 2 is 2.11 bits per heavy atom. The van der Waals surface area contributed by atoms with Crippen molar-refractivity contribution in [3.8, 4) is 11.4 Å². The minimum atomic E-state index is 0.549. The van der Waals surface area contributed by atoms with Crippen LogP contribution >= 0.6 is 22.6 Å². The maximum Gasteiger partial charge on any atom is 0.165 e. The van der Waals surface area contributed by atoms with Crippen molar-refractivity contribution < 1.29 is 0 Å². The van der Waals surface area contributed by atoms with Gasteiger partial charge in [0, 0.05) is 12.7 Å². The largest absolute Gasteiger partial charge is 0.383 e. The minimum Gasteiger partial charge on any atom is -0.383 e. The van der Waals surface area contributed by atoms with Gasteiger partial charge in [-0.25, -0.2) is 9.97 Å². The second kappa shape index (κ2) is 5.64. The van der Waals surface area contributed by atoms with Gasteiger partial charge in [-0.05, 0) is 35.9 Å². The van der Waals surface area contributed by atoms with Gasteiger partial charge in [-0.15, -0.1) is 0 Å². The summed E-state index contributed by atoms with van der Waals surface area (Å²) in [6.45, 7) is 5.01. The van der Waals surface area contributed by atoms with Crippen LogP contribution in [0.5, 0.6) is 0 Å². The van der Waals surface area contributed by atoms with Crippen LogP contribution in [0.2, 0.25) is 0 Å². The zero-order valence-electron chi connectivity index (χ0n) is 10.5. The fourth-order valence-electron chi connectivity index (χ4n) is 1.70. The minimum absolute atomic E-state index is 0.549. The first-order valence-corrected chi connectivity index (χ1v) is 7.08. The van der Waals surface area contributed by atoms with Crippen LogP contribution in [0.1, 0.15) is 26.0 Å². The van der Waals surface area contributed by atoms with E-state index < -0.39 is 0 Å². The molecule has 0 aliphatic carbocycles. The third-order valence-corrected chi connectivity index (χ3v) is 3.82. The van der Waals surface area contributed by atoms with E-state index in [2.05, 4.69) is 44.6 Å². The van der Waals surface area contributed by atoms with E-state index in [4.69, 9.17) is 5.73 Å². The smallest absolute Gasteiger partial charge is 0.165 e. The first-order valence-electron chi connectivity index (χ1n) is 6.00. The number of aryl methyl sites for hydroxylation is 2. The molecule has 0 radical (unpaired) electrons. The van der Waals surface area contributed by atoms with Crippen molar-refractivity contribution in [2.45, 2.75) is 33.2 Å². The Morgan fingerprint density at radius 1 is 1.33 bits per heavy atom. The lowest BCUT2D eigenvalue weighted by Crippen LogP contribution is -2.04. The normalized spacial score (nSPS) is 10.8. The van der Waals surface area contributed by atoms with E-state index in [9.17, 15) is 0 Å². The predicted octanol–water partition coefficient (Wildman–Crippen LogP) is 2.50. The molecular weight excluding hydrogens is 341 g/mol. The van der Waals surface area contributed by atoms with Gasteiger partial charge in [0.2, 0.25) is 0 Å². The molecule has 0 aliphatic heterocycles. The zero-order chi connectivity index (χ0) is 13.1. The lowest BCUT2D eigenvalue weighted by atomic mass is 10.2. The van der Waals surface area contributed by atoms with Crippen molar-refractivity contribution >= 4 is 28.4 Å². The van der Waals surface area contributed by atoms with Gasteiger partial charge in [0.25, 0.3) is 0 Å². The molecule has 2 aromatic rings. The van der Waals surface area contributed by atoms with E-state index in [0.717, 1.165) is 34.2 Å². The molecule has 2 N–H and O–H groups in total. The van der Waals surface area contributed by atoms with Crippen molar-refractivity contribution in [2.24, 2.45) is 0 Å². The standard InChI is InChI=1S/C12H16IN5/c1-3-5-9-10(13)11(14)17-12(16-9)8-6-15-18(4-2)7-8/h6-7H,3-5H2,1-2H3,(H2,14,16,17). The third kappa shape index (κ3) is 2.63. The Hall–Kier alpha value is -1.18. The van der Waals surface area contributed by atoms with Crippen LogP contribution < -0.4 is 5.73 Å². The molecule has 2 heterocycles. The van der Waals surface area contributed by atoms with Gasteiger partial charge in [-0.3, -0.25) is 4.68 Å². The summed E-state index contributed by atoms with van der Waals surface area (Å²) in [7, 11) is 0. The van der Waals surface area contributed by atoms with Gasteiger partial charge in [-0.2, -0.15) is 5.10 Å². The molecule has 6 heteroatoms. The maximum absolute atomic E-state index is 5.94. The molecule has 2 rings (SSSR count). The van der Waals surface area contributed by atoms with Gasteiger partial charge >= 0.3 is 0 Å².